The Labute approximate surface area is 80.9 Å². The molecule has 0 fully saturated rings. The summed E-state index contributed by atoms with van der Waals surface area (Å²) >= 11 is 0. The summed E-state index contributed by atoms with van der Waals surface area (Å²) < 4.78 is 10.9. The van der Waals surface area contributed by atoms with Gasteiger partial charge in [-0.2, -0.15) is 0 Å². The molecule has 0 amide bonds. The molecule has 0 aliphatic carbocycles. The van der Waals surface area contributed by atoms with Crippen molar-refractivity contribution in [2.45, 2.75) is 20.1 Å². The summed E-state index contributed by atoms with van der Waals surface area (Å²) in [5.41, 5.74) is 2.63. The summed E-state index contributed by atoms with van der Waals surface area (Å²) in [6.07, 6.45) is 0.0256. The summed E-state index contributed by atoms with van der Waals surface area (Å²) in [5, 5.41) is 3.19. The molecule has 0 saturated heterocycles. The molecule has 1 atom stereocenters. The first-order valence-electron chi connectivity index (χ1n) is 4.57. The molecule has 4 heteroatoms. The van der Waals surface area contributed by atoms with Crippen molar-refractivity contribution in [2.24, 2.45) is 0 Å². The minimum absolute atomic E-state index is 0.0256. The second kappa shape index (κ2) is 2.41. The maximum atomic E-state index is 5.53. The average Bonchev–Trinajstić information content (AvgIpc) is 2.59. The van der Waals surface area contributed by atoms with E-state index in [1.807, 2.05) is 26.0 Å². The number of rotatable bonds is 0. The second-order valence-corrected chi connectivity index (χ2v) is 3.45. The van der Waals surface area contributed by atoms with Crippen molar-refractivity contribution in [3.05, 3.63) is 18.0 Å². The number of benzene rings is 1. The molecule has 0 radical (unpaired) electrons. The fourth-order valence-electron chi connectivity index (χ4n) is 1.72. The van der Waals surface area contributed by atoms with Gasteiger partial charge in [0.05, 0.1) is 5.69 Å². The van der Waals surface area contributed by atoms with Gasteiger partial charge in [0.15, 0.2) is 17.7 Å². The minimum Gasteiger partial charge on any atom is -0.469 e. The number of hydrogen-bond donors (Lipinski definition) is 1. The Morgan fingerprint density at radius 3 is 3.14 bits per heavy atom. The number of anilines is 1. The summed E-state index contributed by atoms with van der Waals surface area (Å²) in [7, 11) is 0. The third kappa shape index (κ3) is 0.968. The van der Waals surface area contributed by atoms with Crippen LogP contribution in [0.25, 0.3) is 11.1 Å². The molecular formula is C10H10N2O2. The van der Waals surface area contributed by atoms with Gasteiger partial charge in [-0.3, -0.25) is 0 Å². The molecule has 0 bridgehead atoms. The quantitative estimate of drug-likeness (QED) is 0.692. The zero-order valence-electron chi connectivity index (χ0n) is 8.00. The number of oxazole rings is 1. The molecule has 0 saturated carbocycles. The first-order chi connectivity index (χ1) is 6.72. The number of hydrogen-bond acceptors (Lipinski definition) is 4. The van der Waals surface area contributed by atoms with E-state index in [1.165, 1.54) is 0 Å². The van der Waals surface area contributed by atoms with Gasteiger partial charge in [0.1, 0.15) is 11.3 Å². The topological polar surface area (TPSA) is 47.3 Å². The molecule has 1 aromatic carbocycles. The molecule has 1 N–H and O–H groups in total. The Bertz CT molecular complexity index is 461. The van der Waals surface area contributed by atoms with Gasteiger partial charge in [0.2, 0.25) is 0 Å². The van der Waals surface area contributed by atoms with E-state index >= 15 is 0 Å². The van der Waals surface area contributed by atoms with Gasteiger partial charge >= 0.3 is 0 Å². The predicted octanol–water partition coefficient (Wildman–Crippen LogP) is 2.29. The lowest BCUT2D eigenvalue weighted by molar-refractivity contribution is 0.275. The van der Waals surface area contributed by atoms with E-state index in [9.17, 15) is 0 Å². The minimum atomic E-state index is 0.0256. The SMILES string of the molecule is Cc1nc2cc3c(cc2o1)OC(C)N3. The van der Waals surface area contributed by atoms with Crippen LogP contribution in [0.15, 0.2) is 16.5 Å². The van der Waals surface area contributed by atoms with Crippen molar-refractivity contribution in [1.29, 1.82) is 0 Å². The third-order valence-corrected chi connectivity index (χ3v) is 2.26. The van der Waals surface area contributed by atoms with Crippen LogP contribution in [0.4, 0.5) is 5.69 Å². The van der Waals surface area contributed by atoms with E-state index in [0.717, 1.165) is 22.5 Å². The molecule has 14 heavy (non-hydrogen) atoms. The smallest absolute Gasteiger partial charge is 0.192 e. The van der Waals surface area contributed by atoms with Crippen LogP contribution < -0.4 is 10.1 Å². The highest BCUT2D eigenvalue weighted by molar-refractivity contribution is 5.82. The number of aryl methyl sites for hydroxylation is 1. The molecule has 2 heterocycles. The fraction of sp³-hybridized carbons (Fsp3) is 0.300. The molecule has 1 aliphatic rings. The van der Waals surface area contributed by atoms with Gasteiger partial charge in [0, 0.05) is 13.0 Å². The van der Waals surface area contributed by atoms with Crippen molar-refractivity contribution >= 4 is 16.8 Å². The molecular weight excluding hydrogens is 180 g/mol. The molecule has 0 spiro atoms. The van der Waals surface area contributed by atoms with E-state index in [1.54, 1.807) is 0 Å². The third-order valence-electron chi connectivity index (χ3n) is 2.26. The van der Waals surface area contributed by atoms with Gasteiger partial charge < -0.3 is 14.5 Å². The van der Waals surface area contributed by atoms with Crippen molar-refractivity contribution < 1.29 is 9.15 Å². The van der Waals surface area contributed by atoms with Crippen LogP contribution in [0.5, 0.6) is 5.75 Å². The van der Waals surface area contributed by atoms with Crippen LogP contribution in [0, 0.1) is 6.92 Å². The normalized spacial score (nSPS) is 19.1. The van der Waals surface area contributed by atoms with Crippen LogP contribution >= 0.6 is 0 Å². The number of fused-ring (bicyclic) bond motifs is 2. The molecule has 3 rings (SSSR count). The lowest BCUT2D eigenvalue weighted by Crippen LogP contribution is -2.13. The van der Waals surface area contributed by atoms with Crippen molar-refractivity contribution in [3.63, 3.8) is 0 Å². The zero-order chi connectivity index (χ0) is 9.71. The van der Waals surface area contributed by atoms with Gasteiger partial charge in [-0.15, -0.1) is 0 Å². The highest BCUT2D eigenvalue weighted by atomic mass is 16.5. The fourth-order valence-corrected chi connectivity index (χ4v) is 1.72. The van der Waals surface area contributed by atoms with Crippen LogP contribution in [0.1, 0.15) is 12.8 Å². The van der Waals surface area contributed by atoms with Crippen molar-refractivity contribution in [2.75, 3.05) is 5.32 Å². The first-order valence-corrected chi connectivity index (χ1v) is 4.57. The van der Waals surface area contributed by atoms with E-state index in [-0.39, 0.29) is 6.23 Å². The van der Waals surface area contributed by atoms with E-state index in [4.69, 9.17) is 9.15 Å². The van der Waals surface area contributed by atoms with E-state index in [0.29, 0.717) is 5.89 Å². The number of aromatic nitrogens is 1. The Hall–Kier alpha value is -1.71. The monoisotopic (exact) mass is 190 g/mol. The lowest BCUT2D eigenvalue weighted by atomic mass is 10.2. The highest BCUT2D eigenvalue weighted by Gasteiger charge is 2.19. The molecule has 1 unspecified atom stereocenters. The highest BCUT2D eigenvalue weighted by Crippen LogP contribution is 2.35. The summed E-state index contributed by atoms with van der Waals surface area (Å²) in [5.74, 6) is 1.51. The Kier molecular flexibility index (Phi) is 1.32. The summed E-state index contributed by atoms with van der Waals surface area (Å²) in [6.45, 7) is 3.79. The zero-order valence-corrected chi connectivity index (χ0v) is 8.00. The molecule has 1 aromatic heterocycles. The number of nitrogens with zero attached hydrogens (tertiary/aromatic N) is 1. The second-order valence-electron chi connectivity index (χ2n) is 3.45. The van der Waals surface area contributed by atoms with Gasteiger partial charge in [-0.1, -0.05) is 0 Å². The van der Waals surface area contributed by atoms with Gasteiger partial charge in [-0.25, -0.2) is 4.98 Å². The molecule has 1 aliphatic heterocycles. The number of ether oxygens (including phenoxy) is 1. The van der Waals surface area contributed by atoms with Crippen LogP contribution in [0.2, 0.25) is 0 Å². The Morgan fingerprint density at radius 1 is 1.43 bits per heavy atom. The van der Waals surface area contributed by atoms with Gasteiger partial charge in [0.25, 0.3) is 0 Å². The maximum Gasteiger partial charge on any atom is 0.192 e. The number of nitrogens with one attached hydrogen (secondary N) is 1. The van der Waals surface area contributed by atoms with E-state index in [2.05, 4.69) is 10.3 Å². The standard InChI is InChI=1S/C10H10N2O2/c1-5-11-7-3-8-10(4-9(7)13-5)14-6(2)12-8/h3-5,11H,1-2H3. The molecule has 2 aromatic rings. The van der Waals surface area contributed by atoms with Crippen LogP contribution in [-0.2, 0) is 0 Å². The largest absolute Gasteiger partial charge is 0.469 e. The van der Waals surface area contributed by atoms with E-state index < -0.39 is 0 Å². The van der Waals surface area contributed by atoms with Gasteiger partial charge in [-0.05, 0) is 13.0 Å². The maximum absolute atomic E-state index is 5.53. The lowest BCUT2D eigenvalue weighted by Gasteiger charge is -2.00. The molecule has 72 valence electrons. The van der Waals surface area contributed by atoms with Crippen LogP contribution in [-0.4, -0.2) is 11.2 Å². The Morgan fingerprint density at radius 2 is 2.29 bits per heavy atom. The molecule has 4 nitrogen and oxygen atoms in total. The summed E-state index contributed by atoms with van der Waals surface area (Å²) in [4.78, 5) is 4.25. The van der Waals surface area contributed by atoms with Crippen molar-refractivity contribution in [1.82, 2.24) is 4.98 Å². The van der Waals surface area contributed by atoms with Crippen LogP contribution in [0.3, 0.4) is 0 Å². The van der Waals surface area contributed by atoms with Crippen molar-refractivity contribution in [3.8, 4) is 5.75 Å². The predicted molar refractivity (Wildman–Crippen MR) is 52.5 cm³/mol. The summed E-state index contributed by atoms with van der Waals surface area (Å²) in [6, 6.07) is 3.83. The average molecular weight is 190 g/mol. The first kappa shape index (κ1) is 7.67. The Balaban J connectivity index is 2.25.